The van der Waals surface area contributed by atoms with Crippen LogP contribution in [0.15, 0.2) is 34.0 Å². The molecule has 3 rings (SSSR count). The molecular formula is C17H20N2O2S. The molecule has 0 fully saturated rings. The van der Waals surface area contributed by atoms with Crippen molar-refractivity contribution in [3.8, 4) is 0 Å². The molecule has 1 amide bonds. The first-order valence-electron chi connectivity index (χ1n) is 7.67. The number of thiophene rings is 1. The van der Waals surface area contributed by atoms with Crippen molar-refractivity contribution in [1.29, 1.82) is 0 Å². The highest BCUT2D eigenvalue weighted by Gasteiger charge is 2.21. The molecule has 2 heterocycles. The van der Waals surface area contributed by atoms with E-state index in [1.807, 2.05) is 19.1 Å². The number of nitrogens with one attached hydrogen (secondary N) is 1. The largest absolute Gasteiger partial charge is 0.463 e. The third-order valence-corrected chi connectivity index (χ3v) is 5.42. The van der Waals surface area contributed by atoms with Crippen molar-refractivity contribution < 1.29 is 9.21 Å². The number of nitrogens with zero attached hydrogens (tertiary/aromatic N) is 1. The van der Waals surface area contributed by atoms with Gasteiger partial charge in [0.15, 0.2) is 0 Å². The summed E-state index contributed by atoms with van der Waals surface area (Å²) in [5.74, 6) is 1.28. The standard InChI is InChI=1S/C17H20N2O2S/c1-3-12-6-7-15-13(9-12)10-16(22-15)17(20)19-18-11(2)14-5-4-8-21-14/h4-5,8,10,12H,3,6-7,9H2,1-2H3,(H,19,20)/b18-11-/t12-/m1/s1. The zero-order valence-electron chi connectivity index (χ0n) is 12.9. The van der Waals surface area contributed by atoms with Crippen LogP contribution >= 0.6 is 11.3 Å². The van der Waals surface area contributed by atoms with E-state index in [1.54, 1.807) is 23.7 Å². The minimum Gasteiger partial charge on any atom is -0.463 e. The molecule has 1 aliphatic carbocycles. The van der Waals surface area contributed by atoms with E-state index in [2.05, 4.69) is 17.5 Å². The second-order valence-electron chi connectivity index (χ2n) is 5.69. The number of fused-ring (bicyclic) bond motifs is 1. The van der Waals surface area contributed by atoms with Gasteiger partial charge in [0.2, 0.25) is 0 Å². The number of hydrogen-bond donors (Lipinski definition) is 1. The fourth-order valence-electron chi connectivity index (χ4n) is 2.79. The molecule has 0 saturated heterocycles. The zero-order chi connectivity index (χ0) is 15.5. The van der Waals surface area contributed by atoms with E-state index in [4.69, 9.17) is 4.42 Å². The first-order valence-corrected chi connectivity index (χ1v) is 8.49. The Labute approximate surface area is 134 Å². The maximum atomic E-state index is 12.2. The smallest absolute Gasteiger partial charge is 0.281 e. The summed E-state index contributed by atoms with van der Waals surface area (Å²) in [6, 6.07) is 5.66. The fraction of sp³-hybridized carbons (Fsp3) is 0.412. The van der Waals surface area contributed by atoms with E-state index < -0.39 is 0 Å². The van der Waals surface area contributed by atoms with Crippen LogP contribution in [0.25, 0.3) is 0 Å². The minimum absolute atomic E-state index is 0.140. The summed E-state index contributed by atoms with van der Waals surface area (Å²) in [7, 11) is 0. The van der Waals surface area contributed by atoms with Crippen LogP contribution in [0.2, 0.25) is 0 Å². The van der Waals surface area contributed by atoms with Crippen molar-refractivity contribution >= 4 is 23.0 Å². The Morgan fingerprint density at radius 1 is 1.55 bits per heavy atom. The summed E-state index contributed by atoms with van der Waals surface area (Å²) < 4.78 is 5.24. The third kappa shape index (κ3) is 3.14. The van der Waals surface area contributed by atoms with E-state index in [9.17, 15) is 4.79 Å². The summed E-state index contributed by atoms with van der Waals surface area (Å²) >= 11 is 1.60. The molecule has 4 nitrogen and oxygen atoms in total. The number of aryl methyl sites for hydroxylation is 1. The van der Waals surface area contributed by atoms with Gasteiger partial charge in [-0.05, 0) is 55.9 Å². The summed E-state index contributed by atoms with van der Waals surface area (Å²) in [4.78, 5) is 14.4. The molecule has 5 heteroatoms. The molecule has 0 bridgehead atoms. The van der Waals surface area contributed by atoms with Gasteiger partial charge in [-0.1, -0.05) is 13.3 Å². The molecule has 0 saturated carbocycles. The quantitative estimate of drug-likeness (QED) is 0.684. The molecule has 0 aliphatic heterocycles. The molecule has 22 heavy (non-hydrogen) atoms. The zero-order valence-corrected chi connectivity index (χ0v) is 13.7. The molecule has 0 spiro atoms. The molecule has 0 aromatic carbocycles. The van der Waals surface area contributed by atoms with Crippen LogP contribution in [0, 0.1) is 5.92 Å². The summed E-state index contributed by atoms with van der Waals surface area (Å²) in [6.45, 7) is 4.05. The molecule has 1 N–H and O–H groups in total. The second kappa shape index (κ2) is 6.48. The average Bonchev–Trinajstić information content (AvgIpc) is 3.20. The first-order chi connectivity index (χ1) is 10.7. The van der Waals surface area contributed by atoms with Gasteiger partial charge in [-0.3, -0.25) is 4.79 Å². The van der Waals surface area contributed by atoms with Gasteiger partial charge >= 0.3 is 0 Å². The van der Waals surface area contributed by atoms with Crippen molar-refractivity contribution in [3.05, 3.63) is 45.5 Å². The van der Waals surface area contributed by atoms with Gasteiger partial charge in [-0.25, -0.2) is 5.43 Å². The Balaban J connectivity index is 1.69. The van der Waals surface area contributed by atoms with E-state index in [0.717, 1.165) is 23.6 Å². The molecule has 2 aromatic rings. The topological polar surface area (TPSA) is 54.6 Å². The lowest BCUT2D eigenvalue weighted by Crippen LogP contribution is -2.18. The summed E-state index contributed by atoms with van der Waals surface area (Å²) in [5, 5.41) is 4.11. The lowest BCUT2D eigenvalue weighted by molar-refractivity contribution is 0.0959. The Morgan fingerprint density at radius 3 is 3.14 bits per heavy atom. The highest BCUT2D eigenvalue weighted by atomic mass is 32.1. The van der Waals surface area contributed by atoms with Crippen LogP contribution in [0.5, 0.6) is 0 Å². The van der Waals surface area contributed by atoms with Crippen LogP contribution in [-0.4, -0.2) is 11.6 Å². The Hall–Kier alpha value is -1.88. The first kappa shape index (κ1) is 15.0. The monoisotopic (exact) mass is 316 g/mol. The van der Waals surface area contributed by atoms with Gasteiger partial charge in [0.25, 0.3) is 5.91 Å². The van der Waals surface area contributed by atoms with Crippen LogP contribution < -0.4 is 5.43 Å². The maximum Gasteiger partial charge on any atom is 0.281 e. The van der Waals surface area contributed by atoms with Crippen molar-refractivity contribution in [2.24, 2.45) is 11.0 Å². The van der Waals surface area contributed by atoms with E-state index in [0.29, 0.717) is 11.5 Å². The number of hydrogen-bond acceptors (Lipinski definition) is 4. The summed E-state index contributed by atoms with van der Waals surface area (Å²) in [6.07, 6.45) is 6.24. The molecule has 1 atom stereocenters. The van der Waals surface area contributed by atoms with Gasteiger partial charge in [-0.15, -0.1) is 11.3 Å². The van der Waals surface area contributed by atoms with Crippen molar-refractivity contribution in [3.63, 3.8) is 0 Å². The van der Waals surface area contributed by atoms with Gasteiger partial charge in [0.05, 0.1) is 11.1 Å². The van der Waals surface area contributed by atoms with Crippen LogP contribution in [0.4, 0.5) is 0 Å². The van der Waals surface area contributed by atoms with E-state index in [-0.39, 0.29) is 5.91 Å². The molecule has 0 unspecified atom stereocenters. The van der Waals surface area contributed by atoms with Gasteiger partial charge in [-0.2, -0.15) is 5.10 Å². The third-order valence-electron chi connectivity index (χ3n) is 4.19. The fourth-order valence-corrected chi connectivity index (χ4v) is 3.89. The number of hydrazone groups is 1. The maximum absolute atomic E-state index is 12.2. The Kier molecular flexibility index (Phi) is 4.43. The molecule has 1 aliphatic rings. The number of carbonyl (C=O) groups is 1. The lowest BCUT2D eigenvalue weighted by Gasteiger charge is -2.19. The number of amides is 1. The highest BCUT2D eigenvalue weighted by molar-refractivity contribution is 7.14. The SMILES string of the molecule is CC[C@@H]1CCc2sc(C(=O)N/N=C(/C)c3ccco3)cc2C1. The summed E-state index contributed by atoms with van der Waals surface area (Å²) in [5.41, 5.74) is 4.63. The van der Waals surface area contributed by atoms with Gasteiger partial charge in [0.1, 0.15) is 11.5 Å². The molecular weight excluding hydrogens is 296 g/mol. The van der Waals surface area contributed by atoms with Crippen LogP contribution in [0.1, 0.15) is 52.6 Å². The van der Waals surface area contributed by atoms with Gasteiger partial charge < -0.3 is 4.42 Å². The number of rotatable bonds is 4. The lowest BCUT2D eigenvalue weighted by atomic mass is 9.87. The van der Waals surface area contributed by atoms with Crippen molar-refractivity contribution in [2.45, 2.75) is 39.5 Å². The normalized spacial score (nSPS) is 18.1. The van der Waals surface area contributed by atoms with Crippen LogP contribution in [0.3, 0.4) is 0 Å². The van der Waals surface area contributed by atoms with E-state index >= 15 is 0 Å². The molecule has 116 valence electrons. The second-order valence-corrected chi connectivity index (χ2v) is 6.83. The van der Waals surface area contributed by atoms with Gasteiger partial charge in [0, 0.05) is 4.88 Å². The minimum atomic E-state index is -0.140. The average molecular weight is 316 g/mol. The van der Waals surface area contributed by atoms with E-state index in [1.165, 1.54) is 23.3 Å². The van der Waals surface area contributed by atoms with Crippen molar-refractivity contribution in [2.75, 3.05) is 0 Å². The van der Waals surface area contributed by atoms with Crippen molar-refractivity contribution in [1.82, 2.24) is 5.43 Å². The molecule has 0 radical (unpaired) electrons. The Morgan fingerprint density at radius 2 is 2.41 bits per heavy atom. The predicted octanol–water partition coefficient (Wildman–Crippen LogP) is 4.01. The molecule has 2 aromatic heterocycles. The van der Waals surface area contributed by atoms with Crippen LogP contribution in [-0.2, 0) is 12.8 Å². The predicted molar refractivity (Wildman–Crippen MR) is 88.5 cm³/mol. The number of furan rings is 1. The highest BCUT2D eigenvalue weighted by Crippen LogP contribution is 2.33. The number of carbonyl (C=O) groups excluding carboxylic acids is 1. The Bertz CT molecular complexity index is 686.